The maximum absolute atomic E-state index is 13.2. The number of hydrogen-bond donors (Lipinski definition) is 3. The van der Waals surface area contributed by atoms with Gasteiger partial charge >= 0.3 is 0 Å². The molecule has 0 bridgehead atoms. The van der Waals surface area contributed by atoms with Crippen LogP contribution in [0.4, 0.5) is 27.3 Å². The number of carbonyl (C=O) groups is 2. The second-order valence-corrected chi connectivity index (χ2v) is 5.78. The maximum Gasteiger partial charge on any atom is 0.257 e. The Balaban J connectivity index is 1.66. The largest absolute Gasteiger partial charge is 0.340 e. The molecule has 0 aliphatic carbocycles. The summed E-state index contributed by atoms with van der Waals surface area (Å²) in [5, 5.41) is 8.41. The van der Waals surface area contributed by atoms with Gasteiger partial charge in [0.1, 0.15) is 11.6 Å². The minimum atomic E-state index is -0.424. The van der Waals surface area contributed by atoms with Crippen molar-refractivity contribution in [3.8, 4) is 0 Å². The summed E-state index contributed by atoms with van der Waals surface area (Å²) < 4.78 is 13.2. The van der Waals surface area contributed by atoms with Crippen LogP contribution in [0.2, 0.25) is 0 Å². The van der Waals surface area contributed by atoms with Crippen LogP contribution in [0.15, 0.2) is 66.9 Å². The number of carbonyl (C=O) groups excluding carboxylic acids is 2. The lowest BCUT2D eigenvalue weighted by atomic mass is 10.2. The number of nitrogens with zero attached hydrogens (tertiary/aromatic N) is 1. The number of aromatic nitrogens is 1. The van der Waals surface area contributed by atoms with Gasteiger partial charge in [0.15, 0.2) is 0 Å². The predicted octanol–water partition coefficient (Wildman–Crippen LogP) is 4.18. The second-order valence-electron chi connectivity index (χ2n) is 5.78. The van der Waals surface area contributed by atoms with Crippen molar-refractivity contribution in [1.82, 2.24) is 4.98 Å². The lowest BCUT2D eigenvalue weighted by Crippen LogP contribution is -2.12. The van der Waals surface area contributed by atoms with Gasteiger partial charge < -0.3 is 16.0 Å². The highest BCUT2D eigenvalue weighted by Crippen LogP contribution is 2.19. The standard InChI is InChI=1S/C20H17FN4O2/c1-13(26)23-17-6-3-7-18(11-17)24-19-9-8-14(12-22-19)20(27)25-16-5-2-4-15(21)10-16/h2-12H,1H3,(H,22,24)(H,23,26)(H,25,27). The molecule has 3 rings (SSSR count). The van der Waals surface area contributed by atoms with Crippen LogP contribution in [0.1, 0.15) is 17.3 Å². The third kappa shape index (κ3) is 5.12. The first kappa shape index (κ1) is 18.1. The van der Waals surface area contributed by atoms with Crippen LogP contribution < -0.4 is 16.0 Å². The van der Waals surface area contributed by atoms with E-state index in [9.17, 15) is 14.0 Å². The molecular weight excluding hydrogens is 347 g/mol. The van der Waals surface area contributed by atoms with Crippen LogP contribution in [-0.2, 0) is 4.79 Å². The van der Waals surface area contributed by atoms with E-state index < -0.39 is 5.82 Å². The fourth-order valence-corrected chi connectivity index (χ4v) is 2.40. The van der Waals surface area contributed by atoms with Crippen LogP contribution in [0.5, 0.6) is 0 Å². The summed E-state index contributed by atoms with van der Waals surface area (Å²) in [6.45, 7) is 1.44. The molecule has 0 aliphatic rings. The van der Waals surface area contributed by atoms with Crippen molar-refractivity contribution in [2.75, 3.05) is 16.0 Å². The van der Waals surface area contributed by atoms with E-state index in [0.29, 0.717) is 22.8 Å². The Morgan fingerprint density at radius 1 is 0.889 bits per heavy atom. The van der Waals surface area contributed by atoms with Gasteiger partial charge in [0.2, 0.25) is 5.91 Å². The van der Waals surface area contributed by atoms with Crippen LogP contribution in [0, 0.1) is 5.82 Å². The summed E-state index contributed by atoms with van der Waals surface area (Å²) in [5.74, 6) is -0.421. The Morgan fingerprint density at radius 3 is 2.26 bits per heavy atom. The first-order valence-electron chi connectivity index (χ1n) is 8.17. The Kier molecular flexibility index (Phi) is 5.41. The Bertz CT molecular complexity index is 974. The van der Waals surface area contributed by atoms with Gasteiger partial charge in [-0.15, -0.1) is 0 Å². The molecule has 136 valence electrons. The highest BCUT2D eigenvalue weighted by atomic mass is 19.1. The van der Waals surface area contributed by atoms with Crippen molar-refractivity contribution in [3.63, 3.8) is 0 Å². The van der Waals surface area contributed by atoms with Gasteiger partial charge in [-0.05, 0) is 48.5 Å². The molecule has 0 saturated heterocycles. The normalized spacial score (nSPS) is 10.1. The van der Waals surface area contributed by atoms with E-state index >= 15 is 0 Å². The fourth-order valence-electron chi connectivity index (χ4n) is 2.40. The van der Waals surface area contributed by atoms with Crippen molar-refractivity contribution >= 4 is 34.7 Å². The third-order valence-electron chi connectivity index (χ3n) is 3.56. The molecule has 0 saturated carbocycles. The topological polar surface area (TPSA) is 83.1 Å². The van der Waals surface area contributed by atoms with Crippen molar-refractivity contribution in [1.29, 1.82) is 0 Å². The molecule has 0 unspecified atom stereocenters. The SMILES string of the molecule is CC(=O)Nc1cccc(Nc2ccc(C(=O)Nc3cccc(F)c3)cn2)c1. The van der Waals surface area contributed by atoms with E-state index in [2.05, 4.69) is 20.9 Å². The monoisotopic (exact) mass is 364 g/mol. The fraction of sp³-hybridized carbons (Fsp3) is 0.0500. The third-order valence-corrected chi connectivity index (χ3v) is 3.56. The molecule has 1 aromatic heterocycles. The molecule has 27 heavy (non-hydrogen) atoms. The van der Waals surface area contributed by atoms with E-state index in [0.717, 1.165) is 5.69 Å². The summed E-state index contributed by atoms with van der Waals surface area (Å²) in [6.07, 6.45) is 1.43. The number of benzene rings is 2. The summed E-state index contributed by atoms with van der Waals surface area (Å²) in [6, 6.07) is 16.1. The number of nitrogens with one attached hydrogen (secondary N) is 3. The summed E-state index contributed by atoms with van der Waals surface area (Å²) in [7, 11) is 0. The number of rotatable bonds is 5. The lowest BCUT2D eigenvalue weighted by molar-refractivity contribution is -0.114. The van der Waals surface area contributed by atoms with Crippen LogP contribution >= 0.6 is 0 Å². The molecule has 0 aliphatic heterocycles. The summed E-state index contributed by atoms with van der Waals surface area (Å²) in [5.41, 5.74) is 2.12. The van der Waals surface area contributed by atoms with Crippen molar-refractivity contribution in [3.05, 3.63) is 78.2 Å². The average molecular weight is 364 g/mol. The minimum Gasteiger partial charge on any atom is -0.340 e. The number of amides is 2. The van der Waals surface area contributed by atoms with Gasteiger partial charge in [0.25, 0.3) is 5.91 Å². The molecule has 2 aromatic carbocycles. The van der Waals surface area contributed by atoms with Crippen LogP contribution in [-0.4, -0.2) is 16.8 Å². The van der Waals surface area contributed by atoms with Crippen LogP contribution in [0.25, 0.3) is 0 Å². The van der Waals surface area contributed by atoms with E-state index in [1.165, 1.54) is 31.3 Å². The zero-order chi connectivity index (χ0) is 19.2. The van der Waals surface area contributed by atoms with Gasteiger partial charge in [-0.2, -0.15) is 0 Å². The lowest BCUT2D eigenvalue weighted by Gasteiger charge is -2.09. The van der Waals surface area contributed by atoms with Crippen molar-refractivity contribution in [2.24, 2.45) is 0 Å². The molecule has 7 heteroatoms. The number of halogens is 1. The molecule has 1 heterocycles. The first-order chi connectivity index (χ1) is 13.0. The molecule has 3 N–H and O–H groups in total. The Hall–Kier alpha value is -3.74. The Labute approximate surface area is 155 Å². The number of anilines is 4. The van der Waals surface area contributed by atoms with Gasteiger partial charge in [-0.25, -0.2) is 9.37 Å². The van der Waals surface area contributed by atoms with E-state index in [4.69, 9.17) is 0 Å². The van der Waals surface area contributed by atoms with E-state index in [1.807, 2.05) is 6.07 Å². The summed E-state index contributed by atoms with van der Waals surface area (Å²) in [4.78, 5) is 27.6. The van der Waals surface area contributed by atoms with Gasteiger partial charge in [0, 0.05) is 30.2 Å². The van der Waals surface area contributed by atoms with Gasteiger partial charge in [-0.1, -0.05) is 12.1 Å². The van der Waals surface area contributed by atoms with Crippen LogP contribution in [0.3, 0.4) is 0 Å². The van der Waals surface area contributed by atoms with Gasteiger partial charge in [-0.3, -0.25) is 9.59 Å². The number of pyridine rings is 1. The molecule has 0 spiro atoms. The van der Waals surface area contributed by atoms with Crippen molar-refractivity contribution < 1.29 is 14.0 Å². The number of hydrogen-bond acceptors (Lipinski definition) is 4. The quantitative estimate of drug-likeness (QED) is 0.634. The zero-order valence-electron chi connectivity index (χ0n) is 14.5. The zero-order valence-corrected chi connectivity index (χ0v) is 14.5. The highest BCUT2D eigenvalue weighted by molar-refractivity contribution is 6.04. The molecule has 2 amide bonds. The smallest absolute Gasteiger partial charge is 0.257 e. The first-order valence-corrected chi connectivity index (χ1v) is 8.17. The molecule has 3 aromatic rings. The van der Waals surface area contributed by atoms with Crippen molar-refractivity contribution in [2.45, 2.75) is 6.92 Å². The predicted molar refractivity (Wildman–Crippen MR) is 103 cm³/mol. The summed E-state index contributed by atoms with van der Waals surface area (Å²) >= 11 is 0. The highest BCUT2D eigenvalue weighted by Gasteiger charge is 2.08. The molecular formula is C20H17FN4O2. The maximum atomic E-state index is 13.2. The Morgan fingerprint density at radius 2 is 1.59 bits per heavy atom. The molecule has 0 atom stereocenters. The minimum absolute atomic E-state index is 0.154. The molecule has 6 nitrogen and oxygen atoms in total. The molecule has 0 radical (unpaired) electrons. The average Bonchev–Trinajstić information content (AvgIpc) is 2.62. The van der Waals surface area contributed by atoms with Gasteiger partial charge in [0.05, 0.1) is 5.56 Å². The van der Waals surface area contributed by atoms with E-state index in [1.54, 1.807) is 36.4 Å². The van der Waals surface area contributed by atoms with E-state index in [-0.39, 0.29) is 11.8 Å². The second kappa shape index (κ2) is 8.09. The molecule has 0 fully saturated rings.